The molecule has 0 saturated carbocycles. The molecule has 1 unspecified atom stereocenters. The lowest BCUT2D eigenvalue weighted by Crippen LogP contribution is -2.48. The van der Waals surface area contributed by atoms with Gasteiger partial charge in [0.05, 0.1) is 0 Å². The zero-order valence-electron chi connectivity index (χ0n) is 12.3. The molecule has 0 radical (unpaired) electrons. The standard InChI is InChI=1S/C14H19FN2O3/c1-13(2,3)20-12(19)17(5)14(4,9-18)10-6-7-11(15)16-8-10/h6-9H,1-5H3. The summed E-state index contributed by atoms with van der Waals surface area (Å²) >= 11 is 0. The van der Waals surface area contributed by atoms with Gasteiger partial charge in [0, 0.05) is 18.8 Å². The number of halogens is 1. The second kappa shape index (κ2) is 5.56. The number of aromatic nitrogens is 1. The minimum Gasteiger partial charge on any atom is -0.444 e. The predicted molar refractivity (Wildman–Crippen MR) is 71.6 cm³/mol. The lowest BCUT2D eigenvalue weighted by atomic mass is 9.94. The molecule has 110 valence electrons. The van der Waals surface area contributed by atoms with Gasteiger partial charge in [0.1, 0.15) is 17.4 Å². The van der Waals surface area contributed by atoms with Gasteiger partial charge in [-0.05, 0) is 33.8 Å². The smallest absolute Gasteiger partial charge is 0.411 e. The van der Waals surface area contributed by atoms with E-state index in [4.69, 9.17) is 4.74 Å². The number of amides is 1. The largest absolute Gasteiger partial charge is 0.444 e. The van der Waals surface area contributed by atoms with Crippen LogP contribution in [0.3, 0.4) is 0 Å². The molecule has 1 amide bonds. The van der Waals surface area contributed by atoms with Gasteiger partial charge in [0.15, 0.2) is 0 Å². The van der Waals surface area contributed by atoms with E-state index in [0.29, 0.717) is 11.8 Å². The molecule has 0 spiro atoms. The number of hydrogen-bond donors (Lipinski definition) is 0. The first-order valence-corrected chi connectivity index (χ1v) is 6.15. The Hall–Kier alpha value is -1.98. The monoisotopic (exact) mass is 282 g/mol. The quantitative estimate of drug-likeness (QED) is 0.631. The molecule has 20 heavy (non-hydrogen) atoms. The van der Waals surface area contributed by atoms with Crippen LogP contribution in [0.4, 0.5) is 9.18 Å². The van der Waals surface area contributed by atoms with Gasteiger partial charge in [-0.15, -0.1) is 0 Å². The molecule has 0 bridgehead atoms. The Morgan fingerprint density at radius 3 is 2.35 bits per heavy atom. The Kier molecular flexibility index (Phi) is 4.47. The maximum absolute atomic E-state index is 12.9. The van der Waals surface area contributed by atoms with Gasteiger partial charge < -0.3 is 9.53 Å². The average molecular weight is 282 g/mol. The van der Waals surface area contributed by atoms with E-state index in [0.717, 1.165) is 6.07 Å². The van der Waals surface area contributed by atoms with Crippen molar-refractivity contribution in [1.29, 1.82) is 0 Å². The highest BCUT2D eigenvalue weighted by atomic mass is 19.1. The van der Waals surface area contributed by atoms with E-state index in [9.17, 15) is 14.0 Å². The van der Waals surface area contributed by atoms with Crippen molar-refractivity contribution >= 4 is 12.4 Å². The molecular weight excluding hydrogens is 263 g/mol. The summed E-state index contributed by atoms with van der Waals surface area (Å²) in [7, 11) is 1.45. The van der Waals surface area contributed by atoms with Crippen molar-refractivity contribution in [1.82, 2.24) is 9.88 Å². The molecule has 5 nitrogen and oxygen atoms in total. The van der Waals surface area contributed by atoms with E-state index >= 15 is 0 Å². The summed E-state index contributed by atoms with van der Waals surface area (Å²) in [6, 6.07) is 2.55. The molecule has 0 aliphatic rings. The van der Waals surface area contributed by atoms with Crippen LogP contribution in [0.2, 0.25) is 0 Å². The van der Waals surface area contributed by atoms with Crippen LogP contribution in [-0.4, -0.2) is 34.9 Å². The van der Waals surface area contributed by atoms with E-state index in [1.54, 1.807) is 27.7 Å². The fraction of sp³-hybridized carbons (Fsp3) is 0.500. The van der Waals surface area contributed by atoms with Crippen molar-refractivity contribution in [3.63, 3.8) is 0 Å². The van der Waals surface area contributed by atoms with Gasteiger partial charge in [0.25, 0.3) is 0 Å². The Bertz CT molecular complexity index is 496. The maximum atomic E-state index is 12.9. The minimum absolute atomic E-state index is 0.405. The van der Waals surface area contributed by atoms with Crippen LogP contribution in [0.25, 0.3) is 0 Å². The lowest BCUT2D eigenvalue weighted by Gasteiger charge is -2.35. The average Bonchev–Trinajstić information content (AvgIpc) is 2.35. The van der Waals surface area contributed by atoms with Crippen molar-refractivity contribution < 1.29 is 18.7 Å². The predicted octanol–water partition coefficient (Wildman–Crippen LogP) is 2.50. The fourth-order valence-corrected chi connectivity index (χ4v) is 1.54. The molecule has 1 atom stereocenters. The molecule has 1 heterocycles. The highest BCUT2D eigenvalue weighted by Gasteiger charge is 2.37. The molecule has 1 aromatic rings. The minimum atomic E-state index is -1.27. The van der Waals surface area contributed by atoms with Gasteiger partial charge in [-0.25, -0.2) is 9.78 Å². The first-order valence-electron chi connectivity index (χ1n) is 6.15. The molecule has 0 aromatic carbocycles. The van der Waals surface area contributed by atoms with Crippen LogP contribution in [-0.2, 0) is 15.1 Å². The summed E-state index contributed by atoms with van der Waals surface area (Å²) < 4.78 is 18.1. The molecule has 6 heteroatoms. The number of hydrogen-bond acceptors (Lipinski definition) is 4. The van der Waals surface area contributed by atoms with Crippen molar-refractivity contribution in [3.8, 4) is 0 Å². The van der Waals surface area contributed by atoms with E-state index < -0.39 is 23.2 Å². The van der Waals surface area contributed by atoms with Crippen LogP contribution >= 0.6 is 0 Å². The number of carbonyl (C=O) groups is 2. The van der Waals surface area contributed by atoms with Gasteiger partial charge >= 0.3 is 6.09 Å². The summed E-state index contributed by atoms with van der Waals surface area (Å²) in [5.74, 6) is -0.651. The summed E-state index contributed by atoms with van der Waals surface area (Å²) in [5.41, 5.74) is -1.54. The van der Waals surface area contributed by atoms with Crippen LogP contribution in [0.5, 0.6) is 0 Å². The molecule has 1 aromatic heterocycles. The second-order valence-corrected chi connectivity index (χ2v) is 5.67. The number of rotatable bonds is 3. The lowest BCUT2D eigenvalue weighted by molar-refractivity contribution is -0.117. The van der Waals surface area contributed by atoms with Crippen LogP contribution in [0.1, 0.15) is 33.3 Å². The highest BCUT2D eigenvalue weighted by molar-refractivity contribution is 5.77. The van der Waals surface area contributed by atoms with E-state index in [2.05, 4.69) is 4.98 Å². The van der Waals surface area contributed by atoms with Gasteiger partial charge in [-0.2, -0.15) is 4.39 Å². The second-order valence-electron chi connectivity index (χ2n) is 5.67. The number of nitrogens with zero attached hydrogens (tertiary/aromatic N) is 2. The van der Waals surface area contributed by atoms with Crippen molar-refractivity contribution in [2.24, 2.45) is 0 Å². The number of aldehydes is 1. The molecule has 1 rings (SSSR count). The first-order chi connectivity index (χ1) is 9.10. The SMILES string of the molecule is CN(C(=O)OC(C)(C)C)C(C)(C=O)c1ccc(F)nc1. The molecular formula is C14H19FN2O3. The number of likely N-dealkylation sites (N-methyl/N-ethyl adjacent to an activating group) is 1. The summed E-state index contributed by atoms with van der Waals surface area (Å²) in [6.07, 6.45) is 1.19. The Morgan fingerprint density at radius 1 is 1.35 bits per heavy atom. The van der Waals surface area contributed by atoms with E-state index in [1.165, 1.54) is 24.2 Å². The van der Waals surface area contributed by atoms with Gasteiger partial charge in [-0.3, -0.25) is 4.90 Å². The number of ether oxygens (including phenoxy) is 1. The van der Waals surface area contributed by atoms with Crippen LogP contribution < -0.4 is 0 Å². The van der Waals surface area contributed by atoms with Crippen LogP contribution in [0, 0.1) is 5.95 Å². The zero-order valence-corrected chi connectivity index (χ0v) is 12.3. The molecule has 0 N–H and O–H groups in total. The van der Waals surface area contributed by atoms with Gasteiger partial charge in [0.2, 0.25) is 5.95 Å². The molecule has 0 aliphatic heterocycles. The first kappa shape index (κ1) is 16.1. The fourth-order valence-electron chi connectivity index (χ4n) is 1.54. The molecule has 0 saturated heterocycles. The highest BCUT2D eigenvalue weighted by Crippen LogP contribution is 2.26. The third kappa shape index (κ3) is 3.53. The van der Waals surface area contributed by atoms with Gasteiger partial charge in [-0.1, -0.05) is 6.07 Å². The van der Waals surface area contributed by atoms with Crippen molar-refractivity contribution in [2.45, 2.75) is 38.8 Å². The topological polar surface area (TPSA) is 59.5 Å². The number of pyridine rings is 1. The summed E-state index contributed by atoms with van der Waals surface area (Å²) in [4.78, 5) is 28.2. The zero-order chi connectivity index (χ0) is 15.6. The Morgan fingerprint density at radius 2 is 1.95 bits per heavy atom. The van der Waals surface area contributed by atoms with Crippen molar-refractivity contribution in [2.75, 3.05) is 7.05 Å². The molecule has 0 aliphatic carbocycles. The number of carbonyl (C=O) groups excluding carboxylic acids is 2. The summed E-state index contributed by atoms with van der Waals surface area (Å²) in [6.45, 7) is 6.74. The Labute approximate surface area is 117 Å². The van der Waals surface area contributed by atoms with Crippen LogP contribution in [0.15, 0.2) is 18.3 Å². The van der Waals surface area contributed by atoms with E-state index in [1.807, 2.05) is 0 Å². The Balaban J connectivity index is 3.07. The third-order valence-electron chi connectivity index (χ3n) is 2.91. The summed E-state index contributed by atoms with van der Waals surface area (Å²) in [5, 5.41) is 0. The normalized spacial score (nSPS) is 14.3. The van der Waals surface area contributed by atoms with Crippen molar-refractivity contribution in [3.05, 3.63) is 29.8 Å². The maximum Gasteiger partial charge on any atom is 0.411 e. The third-order valence-corrected chi connectivity index (χ3v) is 2.91. The van der Waals surface area contributed by atoms with E-state index in [-0.39, 0.29) is 0 Å². The molecule has 0 fully saturated rings.